The summed E-state index contributed by atoms with van der Waals surface area (Å²) in [5.41, 5.74) is 1.70. The smallest absolute Gasteiger partial charge is 0.254 e. The van der Waals surface area contributed by atoms with Crippen molar-refractivity contribution in [2.45, 2.75) is 13.3 Å². The number of rotatable bonds is 3. The van der Waals surface area contributed by atoms with Crippen molar-refractivity contribution in [2.24, 2.45) is 0 Å². The van der Waals surface area contributed by atoms with Gasteiger partial charge in [-0.25, -0.2) is 4.98 Å². The zero-order valence-electron chi connectivity index (χ0n) is 10.9. The molecule has 0 bridgehead atoms. The Hall–Kier alpha value is -1.23. The maximum atomic E-state index is 12.4. The van der Waals surface area contributed by atoms with Crippen LogP contribution in [0.5, 0.6) is 0 Å². The van der Waals surface area contributed by atoms with Gasteiger partial charge >= 0.3 is 0 Å². The zero-order valence-corrected chi connectivity index (χ0v) is 11.7. The zero-order chi connectivity index (χ0) is 13.0. The highest BCUT2D eigenvalue weighted by Crippen LogP contribution is 2.16. The quantitative estimate of drug-likeness (QED) is 0.906. The number of nitrogens with one attached hydrogen (secondary N) is 1. The summed E-state index contributed by atoms with van der Waals surface area (Å²) in [4.78, 5) is 18.7. The van der Waals surface area contributed by atoms with E-state index in [9.17, 15) is 4.79 Å². The van der Waals surface area contributed by atoms with E-state index in [0.29, 0.717) is 0 Å². The molecule has 0 spiro atoms. The Bertz CT molecular complexity index is 408. The van der Waals surface area contributed by atoms with Crippen molar-refractivity contribution in [3.05, 3.63) is 23.4 Å². The van der Waals surface area contributed by atoms with Crippen molar-refractivity contribution in [1.29, 1.82) is 0 Å². The van der Waals surface area contributed by atoms with Gasteiger partial charge in [0.05, 0.1) is 0 Å². The second-order valence-corrected chi connectivity index (χ2v) is 5.47. The van der Waals surface area contributed by atoms with E-state index in [1.807, 2.05) is 42.8 Å². The summed E-state index contributed by atoms with van der Waals surface area (Å²) in [7, 11) is 1.83. The maximum absolute atomic E-state index is 12.4. The Labute approximate surface area is 112 Å². The highest BCUT2D eigenvalue weighted by Gasteiger charge is 2.19. The fourth-order valence-corrected chi connectivity index (χ4v) is 2.87. The Morgan fingerprint density at radius 3 is 2.78 bits per heavy atom. The third-order valence-electron chi connectivity index (χ3n) is 3.04. The summed E-state index contributed by atoms with van der Waals surface area (Å²) in [5.74, 6) is 2.97. The van der Waals surface area contributed by atoms with E-state index in [-0.39, 0.29) is 5.91 Å². The minimum atomic E-state index is 0.129. The van der Waals surface area contributed by atoms with Crippen LogP contribution < -0.4 is 5.32 Å². The average molecular weight is 265 g/mol. The largest absolute Gasteiger partial charge is 0.373 e. The van der Waals surface area contributed by atoms with Gasteiger partial charge in [0.2, 0.25) is 0 Å². The molecular formula is C13H19N3OS. The van der Waals surface area contributed by atoms with Gasteiger partial charge in [-0.05, 0) is 18.6 Å². The number of pyridine rings is 1. The van der Waals surface area contributed by atoms with Gasteiger partial charge < -0.3 is 10.2 Å². The van der Waals surface area contributed by atoms with Crippen molar-refractivity contribution in [3.63, 3.8) is 0 Å². The Balaban J connectivity index is 2.22. The van der Waals surface area contributed by atoms with E-state index in [4.69, 9.17) is 0 Å². The fourth-order valence-electron chi connectivity index (χ4n) is 1.97. The van der Waals surface area contributed by atoms with Crippen molar-refractivity contribution in [3.8, 4) is 0 Å². The number of hydrogen-bond acceptors (Lipinski definition) is 4. The molecule has 1 aliphatic rings. The second-order valence-electron chi connectivity index (χ2n) is 4.24. The molecule has 1 amide bonds. The molecule has 1 aromatic rings. The first-order valence-corrected chi connectivity index (χ1v) is 7.45. The number of carbonyl (C=O) groups is 1. The van der Waals surface area contributed by atoms with Crippen LogP contribution >= 0.6 is 11.8 Å². The van der Waals surface area contributed by atoms with Crippen LogP contribution in [-0.4, -0.2) is 47.4 Å². The lowest BCUT2D eigenvalue weighted by Crippen LogP contribution is -2.38. The van der Waals surface area contributed by atoms with E-state index in [0.717, 1.165) is 48.1 Å². The maximum Gasteiger partial charge on any atom is 0.254 e. The second kappa shape index (κ2) is 6.09. The van der Waals surface area contributed by atoms with Crippen LogP contribution in [0.15, 0.2) is 12.1 Å². The predicted octanol–water partition coefficient (Wildman–Crippen LogP) is 1.87. The van der Waals surface area contributed by atoms with Gasteiger partial charge in [0, 0.05) is 42.9 Å². The molecule has 1 aromatic heterocycles. The summed E-state index contributed by atoms with van der Waals surface area (Å²) in [5, 5.41) is 3.01. The van der Waals surface area contributed by atoms with Crippen molar-refractivity contribution in [2.75, 3.05) is 37.0 Å². The molecule has 1 N–H and O–H groups in total. The summed E-state index contributed by atoms with van der Waals surface area (Å²) >= 11 is 1.91. The average Bonchev–Trinajstić information content (AvgIpc) is 2.46. The molecule has 1 fully saturated rings. The highest BCUT2D eigenvalue weighted by atomic mass is 32.2. The summed E-state index contributed by atoms with van der Waals surface area (Å²) in [6, 6.07) is 3.74. The molecule has 98 valence electrons. The van der Waals surface area contributed by atoms with Crippen LogP contribution in [0, 0.1) is 0 Å². The van der Waals surface area contributed by atoms with Crippen LogP contribution in [0.2, 0.25) is 0 Å². The lowest BCUT2D eigenvalue weighted by molar-refractivity contribution is 0.0772. The first-order chi connectivity index (χ1) is 8.74. The first kappa shape index (κ1) is 13.2. The molecule has 0 aliphatic carbocycles. The van der Waals surface area contributed by atoms with Gasteiger partial charge in [-0.2, -0.15) is 11.8 Å². The van der Waals surface area contributed by atoms with Crippen molar-refractivity contribution < 1.29 is 4.79 Å². The molecule has 0 atom stereocenters. The van der Waals surface area contributed by atoms with E-state index < -0.39 is 0 Å². The Morgan fingerprint density at radius 2 is 2.17 bits per heavy atom. The van der Waals surface area contributed by atoms with Crippen LogP contribution in [-0.2, 0) is 6.42 Å². The number of thioether (sulfide) groups is 1. The molecule has 0 unspecified atom stereocenters. The van der Waals surface area contributed by atoms with Gasteiger partial charge in [-0.3, -0.25) is 4.79 Å². The minimum Gasteiger partial charge on any atom is -0.373 e. The predicted molar refractivity (Wildman–Crippen MR) is 76.4 cm³/mol. The summed E-state index contributed by atoms with van der Waals surface area (Å²) in [6.45, 7) is 3.75. The minimum absolute atomic E-state index is 0.129. The van der Waals surface area contributed by atoms with Crippen molar-refractivity contribution in [1.82, 2.24) is 9.88 Å². The molecule has 2 heterocycles. The van der Waals surface area contributed by atoms with E-state index >= 15 is 0 Å². The van der Waals surface area contributed by atoms with Crippen LogP contribution in [0.25, 0.3) is 0 Å². The topological polar surface area (TPSA) is 45.2 Å². The highest BCUT2D eigenvalue weighted by molar-refractivity contribution is 7.99. The van der Waals surface area contributed by atoms with E-state index in [1.54, 1.807) is 0 Å². The molecule has 4 nitrogen and oxygen atoms in total. The lowest BCUT2D eigenvalue weighted by Gasteiger charge is -2.26. The number of hydrogen-bond donors (Lipinski definition) is 1. The standard InChI is InChI=1S/C13H19N3OS/c1-3-11-8-10(9-12(14-2)15-11)13(17)16-4-6-18-7-5-16/h8-9H,3-7H2,1-2H3,(H,14,15). The van der Waals surface area contributed by atoms with Gasteiger partial charge in [0.25, 0.3) is 5.91 Å². The number of anilines is 1. The SMILES string of the molecule is CCc1cc(C(=O)N2CCSCC2)cc(NC)n1. The number of nitrogens with zero attached hydrogens (tertiary/aromatic N) is 2. The Kier molecular flexibility index (Phi) is 4.47. The normalized spacial score (nSPS) is 15.6. The monoisotopic (exact) mass is 265 g/mol. The van der Waals surface area contributed by atoms with E-state index in [2.05, 4.69) is 10.3 Å². The van der Waals surface area contributed by atoms with Gasteiger partial charge in [-0.15, -0.1) is 0 Å². The molecule has 5 heteroatoms. The van der Waals surface area contributed by atoms with Crippen molar-refractivity contribution >= 4 is 23.5 Å². The van der Waals surface area contributed by atoms with Crippen LogP contribution in [0.3, 0.4) is 0 Å². The summed E-state index contributed by atoms with van der Waals surface area (Å²) < 4.78 is 0. The molecular weight excluding hydrogens is 246 g/mol. The lowest BCUT2D eigenvalue weighted by atomic mass is 10.1. The molecule has 0 radical (unpaired) electrons. The molecule has 2 rings (SSSR count). The van der Waals surface area contributed by atoms with Gasteiger partial charge in [0.15, 0.2) is 0 Å². The molecule has 1 aliphatic heterocycles. The Morgan fingerprint density at radius 1 is 1.44 bits per heavy atom. The molecule has 18 heavy (non-hydrogen) atoms. The number of aromatic nitrogens is 1. The van der Waals surface area contributed by atoms with E-state index in [1.165, 1.54) is 0 Å². The number of carbonyl (C=O) groups excluding carboxylic acids is 1. The molecule has 0 saturated carbocycles. The molecule has 0 aromatic carbocycles. The third kappa shape index (κ3) is 2.96. The van der Waals surface area contributed by atoms with Crippen LogP contribution in [0.4, 0.5) is 5.82 Å². The van der Waals surface area contributed by atoms with Crippen LogP contribution in [0.1, 0.15) is 23.0 Å². The first-order valence-electron chi connectivity index (χ1n) is 6.30. The third-order valence-corrected chi connectivity index (χ3v) is 3.98. The number of aryl methyl sites for hydroxylation is 1. The molecule has 1 saturated heterocycles. The van der Waals surface area contributed by atoms with Gasteiger partial charge in [0.1, 0.15) is 5.82 Å². The van der Waals surface area contributed by atoms with Gasteiger partial charge in [-0.1, -0.05) is 6.92 Å². The fraction of sp³-hybridized carbons (Fsp3) is 0.538. The summed E-state index contributed by atoms with van der Waals surface area (Å²) in [6.07, 6.45) is 0.839. The number of amides is 1.